The molecule has 1 saturated heterocycles. The van der Waals surface area contributed by atoms with Crippen molar-refractivity contribution in [1.82, 2.24) is 14.8 Å². The maximum absolute atomic E-state index is 11.5. The monoisotopic (exact) mass is 365 g/mol. The van der Waals surface area contributed by atoms with E-state index >= 15 is 0 Å². The topological polar surface area (TPSA) is 75.1 Å². The maximum Gasteiger partial charge on any atom is 0.409 e. The Balaban J connectivity index is 1.44. The molecule has 25 heavy (non-hydrogen) atoms. The molecule has 1 fully saturated rings. The van der Waals surface area contributed by atoms with Crippen LogP contribution in [0.3, 0.4) is 0 Å². The molecule has 1 aliphatic rings. The van der Waals surface area contributed by atoms with Gasteiger partial charge in [0.25, 0.3) is 0 Å². The number of aliphatic hydroxyl groups excluding tert-OH is 1. The predicted molar refractivity (Wildman–Crippen MR) is 96.3 cm³/mol. The molecule has 1 aromatic heterocycles. The van der Waals surface area contributed by atoms with Gasteiger partial charge in [0, 0.05) is 38.8 Å². The number of nitrogens with zero attached hydrogens (tertiary/aromatic N) is 3. The number of carbonyl (C=O) groups excluding carboxylic acids is 1. The fourth-order valence-corrected chi connectivity index (χ4v) is 3.70. The van der Waals surface area contributed by atoms with Crippen LogP contribution in [0.15, 0.2) is 18.2 Å². The summed E-state index contributed by atoms with van der Waals surface area (Å²) in [5, 5.41) is 11.2. The zero-order valence-corrected chi connectivity index (χ0v) is 15.3. The molecule has 1 amide bonds. The fraction of sp³-hybridized carbons (Fsp3) is 0.529. The lowest BCUT2D eigenvalue weighted by Crippen LogP contribution is -2.50. The van der Waals surface area contributed by atoms with E-state index in [-0.39, 0.29) is 12.7 Å². The standard InChI is InChI=1S/C17H23N3O4S/c1-12-18-15-9-14(3-4-16(15)25-12)24-11-13(21)10-19-5-7-20(8-6-19)17(22)23-2/h3-4,9,13,21H,5-8,10-11H2,1-2H3/t13-/m1/s1. The molecule has 1 atom stereocenters. The number of fused-ring (bicyclic) bond motifs is 1. The van der Waals surface area contributed by atoms with Crippen molar-refractivity contribution in [2.24, 2.45) is 0 Å². The quantitative estimate of drug-likeness (QED) is 0.870. The van der Waals surface area contributed by atoms with Crippen molar-refractivity contribution in [3.63, 3.8) is 0 Å². The minimum absolute atomic E-state index is 0.228. The van der Waals surface area contributed by atoms with Crippen molar-refractivity contribution in [2.75, 3.05) is 46.4 Å². The van der Waals surface area contributed by atoms with Crippen molar-refractivity contribution in [1.29, 1.82) is 0 Å². The number of hydrogen-bond acceptors (Lipinski definition) is 7. The SMILES string of the molecule is COC(=O)N1CCN(C[C@@H](O)COc2ccc3sc(C)nc3c2)CC1. The number of piperazine rings is 1. The Labute approximate surface area is 150 Å². The fourth-order valence-electron chi connectivity index (χ4n) is 2.90. The summed E-state index contributed by atoms with van der Waals surface area (Å²) in [4.78, 5) is 19.7. The second kappa shape index (κ2) is 7.99. The molecule has 2 aromatic rings. The molecule has 136 valence electrons. The molecule has 0 saturated carbocycles. The van der Waals surface area contributed by atoms with Gasteiger partial charge in [-0.15, -0.1) is 11.3 Å². The smallest absolute Gasteiger partial charge is 0.409 e. The average molecular weight is 365 g/mol. The number of aromatic nitrogens is 1. The van der Waals surface area contributed by atoms with Crippen molar-refractivity contribution in [3.05, 3.63) is 23.2 Å². The lowest BCUT2D eigenvalue weighted by Gasteiger charge is -2.34. The summed E-state index contributed by atoms with van der Waals surface area (Å²) in [7, 11) is 1.39. The van der Waals surface area contributed by atoms with Crippen LogP contribution in [0, 0.1) is 6.92 Å². The largest absolute Gasteiger partial charge is 0.491 e. The summed E-state index contributed by atoms with van der Waals surface area (Å²) in [5.41, 5.74) is 0.924. The van der Waals surface area contributed by atoms with Crippen molar-refractivity contribution >= 4 is 27.6 Å². The second-order valence-electron chi connectivity index (χ2n) is 6.08. The Kier molecular flexibility index (Phi) is 5.72. The first-order valence-electron chi connectivity index (χ1n) is 8.28. The molecule has 2 heterocycles. The second-order valence-corrected chi connectivity index (χ2v) is 7.32. The van der Waals surface area contributed by atoms with Crippen LogP contribution in [0.1, 0.15) is 5.01 Å². The number of benzene rings is 1. The summed E-state index contributed by atoms with van der Waals surface area (Å²) < 4.78 is 11.6. The van der Waals surface area contributed by atoms with Gasteiger partial charge in [0.05, 0.1) is 22.3 Å². The maximum atomic E-state index is 11.5. The van der Waals surface area contributed by atoms with Gasteiger partial charge >= 0.3 is 6.09 Å². The number of thiazole rings is 1. The van der Waals surface area contributed by atoms with Gasteiger partial charge in [0.2, 0.25) is 0 Å². The molecule has 0 bridgehead atoms. The molecular formula is C17H23N3O4S. The van der Waals surface area contributed by atoms with Gasteiger partial charge in [-0.2, -0.15) is 0 Å². The highest BCUT2D eigenvalue weighted by atomic mass is 32.1. The van der Waals surface area contributed by atoms with Gasteiger partial charge in [-0.3, -0.25) is 4.90 Å². The number of aliphatic hydroxyl groups is 1. The van der Waals surface area contributed by atoms with Crippen LogP contribution in [0.4, 0.5) is 4.79 Å². The molecule has 8 heteroatoms. The third-order valence-electron chi connectivity index (χ3n) is 4.18. The van der Waals surface area contributed by atoms with E-state index in [1.54, 1.807) is 16.2 Å². The summed E-state index contributed by atoms with van der Waals surface area (Å²) in [5.74, 6) is 0.715. The zero-order valence-electron chi connectivity index (χ0n) is 14.5. The van der Waals surface area contributed by atoms with E-state index in [2.05, 4.69) is 9.88 Å². The molecule has 1 aromatic carbocycles. The van der Waals surface area contributed by atoms with E-state index in [0.717, 1.165) is 28.3 Å². The first kappa shape index (κ1) is 17.9. The molecule has 7 nitrogen and oxygen atoms in total. The third-order valence-corrected chi connectivity index (χ3v) is 5.13. The van der Waals surface area contributed by atoms with Crippen LogP contribution in [0.5, 0.6) is 5.75 Å². The molecule has 0 aliphatic carbocycles. The highest BCUT2D eigenvalue weighted by Crippen LogP contribution is 2.25. The van der Waals surface area contributed by atoms with Gasteiger partial charge in [0.15, 0.2) is 0 Å². The van der Waals surface area contributed by atoms with E-state index in [9.17, 15) is 9.90 Å². The average Bonchev–Trinajstić information content (AvgIpc) is 2.99. The van der Waals surface area contributed by atoms with E-state index < -0.39 is 6.10 Å². The van der Waals surface area contributed by atoms with Gasteiger partial charge < -0.3 is 19.5 Å². The van der Waals surface area contributed by atoms with Crippen LogP contribution in [0.25, 0.3) is 10.2 Å². The van der Waals surface area contributed by atoms with Crippen LogP contribution < -0.4 is 4.74 Å². The number of methoxy groups -OCH3 is 1. The van der Waals surface area contributed by atoms with Gasteiger partial charge in [0.1, 0.15) is 18.5 Å². The molecule has 1 N–H and O–H groups in total. The number of ether oxygens (including phenoxy) is 2. The molecule has 1 aliphatic heterocycles. The molecule has 0 radical (unpaired) electrons. The molecule has 0 unspecified atom stereocenters. The normalized spacial score (nSPS) is 16.8. The Morgan fingerprint density at radius 1 is 1.36 bits per heavy atom. The third kappa shape index (κ3) is 4.59. The van der Waals surface area contributed by atoms with Crippen LogP contribution >= 0.6 is 11.3 Å². The number of amides is 1. The Morgan fingerprint density at radius 3 is 2.84 bits per heavy atom. The van der Waals surface area contributed by atoms with Crippen LogP contribution in [0.2, 0.25) is 0 Å². The van der Waals surface area contributed by atoms with Gasteiger partial charge in [-0.1, -0.05) is 0 Å². The predicted octanol–water partition coefficient (Wildman–Crippen LogP) is 1.73. The highest BCUT2D eigenvalue weighted by Gasteiger charge is 2.23. The van der Waals surface area contributed by atoms with Crippen LogP contribution in [-0.2, 0) is 4.74 Å². The Hall–Kier alpha value is -1.90. The Morgan fingerprint density at radius 2 is 2.12 bits per heavy atom. The lowest BCUT2D eigenvalue weighted by molar-refractivity contribution is 0.0435. The number of hydrogen-bond donors (Lipinski definition) is 1. The molecule has 0 spiro atoms. The molecular weight excluding hydrogens is 342 g/mol. The van der Waals surface area contributed by atoms with E-state index in [1.807, 2.05) is 25.1 Å². The number of aryl methyl sites for hydroxylation is 1. The highest BCUT2D eigenvalue weighted by molar-refractivity contribution is 7.18. The summed E-state index contributed by atoms with van der Waals surface area (Å²) >= 11 is 1.65. The van der Waals surface area contributed by atoms with Crippen LogP contribution in [-0.4, -0.2) is 78.5 Å². The number of rotatable bonds is 5. The zero-order chi connectivity index (χ0) is 17.8. The van der Waals surface area contributed by atoms with Gasteiger partial charge in [-0.25, -0.2) is 9.78 Å². The first-order chi connectivity index (χ1) is 12.0. The number of β-amino-alcohol motifs (C(OH)–C–C–N with tert-alkyl or cyclic N) is 1. The van der Waals surface area contributed by atoms with Crippen molar-refractivity contribution < 1.29 is 19.4 Å². The van der Waals surface area contributed by atoms with E-state index in [4.69, 9.17) is 9.47 Å². The minimum atomic E-state index is -0.586. The van der Waals surface area contributed by atoms with E-state index in [1.165, 1.54) is 7.11 Å². The first-order valence-corrected chi connectivity index (χ1v) is 9.10. The number of carbonyl (C=O) groups is 1. The van der Waals surface area contributed by atoms with Gasteiger partial charge in [-0.05, 0) is 19.1 Å². The van der Waals surface area contributed by atoms with Crippen molar-refractivity contribution in [2.45, 2.75) is 13.0 Å². The van der Waals surface area contributed by atoms with E-state index in [0.29, 0.717) is 25.4 Å². The summed E-state index contributed by atoms with van der Waals surface area (Å²) in [6.45, 7) is 5.39. The summed E-state index contributed by atoms with van der Waals surface area (Å²) in [6.07, 6.45) is -0.881. The Bertz CT molecular complexity index is 728. The summed E-state index contributed by atoms with van der Waals surface area (Å²) in [6, 6.07) is 5.80. The minimum Gasteiger partial charge on any atom is -0.491 e. The molecule has 3 rings (SSSR count). The lowest BCUT2D eigenvalue weighted by atomic mass is 10.2. The van der Waals surface area contributed by atoms with Crippen molar-refractivity contribution in [3.8, 4) is 5.75 Å².